The Morgan fingerprint density at radius 1 is 1.60 bits per heavy atom. The van der Waals surface area contributed by atoms with Gasteiger partial charge in [-0.05, 0) is 12.8 Å². The molecular formula is C10H18N4O. The fourth-order valence-electron chi connectivity index (χ4n) is 1.13. The Bertz CT molecular complexity index is 372. The molecule has 1 unspecified atom stereocenters. The van der Waals surface area contributed by atoms with Crippen LogP contribution in [-0.2, 0) is 0 Å². The zero-order valence-corrected chi connectivity index (χ0v) is 9.37. The lowest BCUT2D eigenvalue weighted by molar-refractivity contribution is 0.511. The zero-order valence-electron chi connectivity index (χ0n) is 9.37. The molecule has 1 heterocycles. The third kappa shape index (κ3) is 3.71. The predicted octanol–water partition coefficient (Wildman–Crippen LogP) is 0.474. The molecule has 1 aromatic heterocycles. The molecule has 0 saturated carbocycles. The topological polar surface area (TPSA) is 83.8 Å². The summed E-state index contributed by atoms with van der Waals surface area (Å²) in [5.41, 5.74) is 5.71. The fourth-order valence-corrected chi connectivity index (χ4v) is 1.13. The van der Waals surface area contributed by atoms with E-state index in [-0.39, 0.29) is 11.6 Å². The Kier molecular flexibility index (Phi) is 3.85. The summed E-state index contributed by atoms with van der Waals surface area (Å²) < 4.78 is 0. The van der Waals surface area contributed by atoms with E-state index in [1.165, 1.54) is 6.07 Å². The molecule has 4 N–H and O–H groups in total. The summed E-state index contributed by atoms with van der Waals surface area (Å²) >= 11 is 0. The van der Waals surface area contributed by atoms with Crippen molar-refractivity contribution in [1.82, 2.24) is 9.97 Å². The third-order valence-electron chi connectivity index (χ3n) is 2.24. The van der Waals surface area contributed by atoms with E-state index < -0.39 is 0 Å². The molecule has 0 bridgehead atoms. The van der Waals surface area contributed by atoms with Gasteiger partial charge < -0.3 is 16.0 Å². The molecule has 15 heavy (non-hydrogen) atoms. The highest BCUT2D eigenvalue weighted by atomic mass is 16.1. The first-order chi connectivity index (χ1) is 6.99. The van der Waals surface area contributed by atoms with E-state index in [0.29, 0.717) is 24.1 Å². The number of H-pyrrole nitrogens is 1. The number of aromatic nitrogens is 2. The number of aromatic amines is 1. The van der Waals surface area contributed by atoms with E-state index in [9.17, 15) is 4.79 Å². The van der Waals surface area contributed by atoms with Crippen molar-refractivity contribution < 1.29 is 0 Å². The summed E-state index contributed by atoms with van der Waals surface area (Å²) in [7, 11) is 0. The Hall–Kier alpha value is -1.36. The second-order valence-electron chi connectivity index (χ2n) is 4.00. The van der Waals surface area contributed by atoms with Gasteiger partial charge in [0.05, 0.1) is 0 Å². The normalized spacial score (nSPS) is 12.9. The predicted molar refractivity (Wildman–Crippen MR) is 60.9 cm³/mol. The van der Waals surface area contributed by atoms with Gasteiger partial charge in [-0.2, -0.15) is 0 Å². The van der Waals surface area contributed by atoms with Crippen LogP contribution >= 0.6 is 0 Å². The highest BCUT2D eigenvalue weighted by molar-refractivity contribution is 5.32. The fraction of sp³-hybridized carbons (Fsp3) is 0.600. The molecule has 1 aromatic rings. The summed E-state index contributed by atoms with van der Waals surface area (Å²) in [5.74, 6) is 1.58. The van der Waals surface area contributed by atoms with Crippen molar-refractivity contribution in [3.63, 3.8) is 0 Å². The number of aryl methyl sites for hydroxylation is 1. The van der Waals surface area contributed by atoms with Crippen LogP contribution in [0.3, 0.4) is 0 Å². The molecule has 0 amide bonds. The molecule has 0 radical (unpaired) electrons. The maximum absolute atomic E-state index is 11.1. The molecule has 0 spiro atoms. The van der Waals surface area contributed by atoms with Crippen LogP contribution in [0.15, 0.2) is 10.9 Å². The molecule has 5 heteroatoms. The van der Waals surface area contributed by atoms with E-state index in [2.05, 4.69) is 29.1 Å². The van der Waals surface area contributed by atoms with Gasteiger partial charge in [-0.25, -0.2) is 4.98 Å². The van der Waals surface area contributed by atoms with Crippen LogP contribution in [0, 0.1) is 12.8 Å². The first-order valence-corrected chi connectivity index (χ1v) is 5.06. The van der Waals surface area contributed by atoms with Gasteiger partial charge in [-0.1, -0.05) is 13.8 Å². The molecule has 1 atom stereocenters. The highest BCUT2D eigenvalue weighted by Gasteiger charge is 2.07. The molecule has 1 rings (SSSR count). The maximum Gasteiger partial charge on any atom is 0.252 e. The largest absolute Gasteiger partial charge is 0.368 e. The van der Waals surface area contributed by atoms with Crippen molar-refractivity contribution in [2.45, 2.75) is 26.8 Å². The van der Waals surface area contributed by atoms with Crippen molar-refractivity contribution in [2.75, 3.05) is 11.9 Å². The van der Waals surface area contributed by atoms with Gasteiger partial charge >= 0.3 is 0 Å². The standard InChI is InChI=1S/C10H18N4O/c1-6(2)8(11)5-12-9-4-10(15)14-7(3)13-9/h4,6,8H,5,11H2,1-3H3,(H2,12,13,14,15). The number of nitrogens with one attached hydrogen (secondary N) is 2. The second kappa shape index (κ2) is 4.93. The number of nitrogens with two attached hydrogens (primary N) is 1. The van der Waals surface area contributed by atoms with Crippen molar-refractivity contribution in [1.29, 1.82) is 0 Å². The average Bonchev–Trinajstić information content (AvgIpc) is 2.12. The lowest BCUT2D eigenvalue weighted by atomic mass is 10.1. The number of rotatable bonds is 4. The van der Waals surface area contributed by atoms with Crippen molar-refractivity contribution in [2.24, 2.45) is 11.7 Å². The Labute approximate surface area is 89.1 Å². The minimum atomic E-state index is -0.150. The smallest absolute Gasteiger partial charge is 0.252 e. The van der Waals surface area contributed by atoms with Crippen molar-refractivity contribution in [3.05, 3.63) is 22.2 Å². The van der Waals surface area contributed by atoms with Crippen molar-refractivity contribution >= 4 is 5.82 Å². The molecule has 84 valence electrons. The van der Waals surface area contributed by atoms with Gasteiger partial charge in [-0.3, -0.25) is 4.79 Å². The van der Waals surface area contributed by atoms with Gasteiger partial charge in [0.1, 0.15) is 11.6 Å². The van der Waals surface area contributed by atoms with Gasteiger partial charge in [0, 0.05) is 18.7 Å². The quantitative estimate of drug-likeness (QED) is 0.674. The zero-order chi connectivity index (χ0) is 11.4. The lowest BCUT2D eigenvalue weighted by Crippen LogP contribution is -2.34. The lowest BCUT2D eigenvalue weighted by Gasteiger charge is -2.16. The van der Waals surface area contributed by atoms with E-state index in [1.807, 2.05) is 0 Å². The summed E-state index contributed by atoms with van der Waals surface area (Å²) in [6, 6.07) is 1.49. The van der Waals surface area contributed by atoms with Crippen LogP contribution < -0.4 is 16.6 Å². The van der Waals surface area contributed by atoms with E-state index in [0.717, 1.165) is 0 Å². The van der Waals surface area contributed by atoms with E-state index >= 15 is 0 Å². The summed E-state index contributed by atoms with van der Waals surface area (Å²) in [4.78, 5) is 17.8. The van der Waals surface area contributed by atoms with Gasteiger partial charge in [-0.15, -0.1) is 0 Å². The first kappa shape index (κ1) is 11.7. The molecule has 0 aromatic carbocycles. The van der Waals surface area contributed by atoms with Crippen molar-refractivity contribution in [3.8, 4) is 0 Å². The molecule has 0 aliphatic heterocycles. The number of anilines is 1. The van der Waals surface area contributed by atoms with Crippen LogP contribution in [0.5, 0.6) is 0 Å². The Balaban J connectivity index is 2.61. The first-order valence-electron chi connectivity index (χ1n) is 5.06. The Morgan fingerprint density at radius 2 is 2.27 bits per heavy atom. The van der Waals surface area contributed by atoms with Crippen LogP contribution in [0.2, 0.25) is 0 Å². The van der Waals surface area contributed by atoms with Crippen LogP contribution in [0.4, 0.5) is 5.82 Å². The molecule has 0 saturated heterocycles. The summed E-state index contributed by atoms with van der Waals surface area (Å²) in [6.45, 7) is 6.48. The second-order valence-corrected chi connectivity index (χ2v) is 4.00. The van der Waals surface area contributed by atoms with E-state index in [1.54, 1.807) is 6.92 Å². The maximum atomic E-state index is 11.1. The minimum Gasteiger partial charge on any atom is -0.368 e. The average molecular weight is 210 g/mol. The van der Waals surface area contributed by atoms with Crippen LogP contribution in [0.1, 0.15) is 19.7 Å². The van der Waals surface area contributed by atoms with E-state index in [4.69, 9.17) is 5.73 Å². The van der Waals surface area contributed by atoms with Gasteiger partial charge in [0.2, 0.25) is 0 Å². The minimum absolute atomic E-state index is 0.0615. The molecule has 0 fully saturated rings. The molecule has 5 nitrogen and oxygen atoms in total. The molecule has 0 aliphatic carbocycles. The monoisotopic (exact) mass is 210 g/mol. The van der Waals surface area contributed by atoms with Gasteiger partial charge in [0.25, 0.3) is 5.56 Å². The number of nitrogens with zero attached hydrogens (tertiary/aromatic N) is 1. The van der Waals surface area contributed by atoms with Gasteiger partial charge in [0.15, 0.2) is 0 Å². The Morgan fingerprint density at radius 3 is 2.80 bits per heavy atom. The number of hydrogen-bond acceptors (Lipinski definition) is 4. The summed E-state index contributed by atoms with van der Waals surface area (Å²) in [5, 5.41) is 3.05. The van der Waals surface area contributed by atoms with Crippen LogP contribution in [-0.4, -0.2) is 22.6 Å². The highest BCUT2D eigenvalue weighted by Crippen LogP contribution is 2.01. The SMILES string of the molecule is Cc1nc(NCC(N)C(C)C)cc(=O)[nH]1. The molecular weight excluding hydrogens is 192 g/mol. The number of hydrogen-bond donors (Lipinski definition) is 3. The summed E-state index contributed by atoms with van der Waals surface area (Å²) in [6.07, 6.45) is 0. The third-order valence-corrected chi connectivity index (χ3v) is 2.24. The van der Waals surface area contributed by atoms with Crippen LogP contribution in [0.25, 0.3) is 0 Å². The molecule has 0 aliphatic rings.